The van der Waals surface area contributed by atoms with Gasteiger partial charge in [-0.15, -0.1) is 0 Å². The van der Waals surface area contributed by atoms with Crippen LogP contribution in [0.25, 0.3) is 11.0 Å². The van der Waals surface area contributed by atoms with Gasteiger partial charge >= 0.3 is 0 Å². The molecule has 4 nitrogen and oxygen atoms in total. The largest absolute Gasteiger partial charge is 0.487 e. The molecule has 0 spiro atoms. The molecule has 17 heavy (non-hydrogen) atoms. The van der Waals surface area contributed by atoms with Crippen molar-refractivity contribution in [3.8, 4) is 5.75 Å². The maximum atomic E-state index is 5.76. The van der Waals surface area contributed by atoms with Gasteiger partial charge in [0.15, 0.2) is 5.58 Å². The molecule has 0 radical (unpaired) electrons. The highest BCUT2D eigenvalue weighted by Gasteiger charge is 2.19. The third-order valence-electron chi connectivity index (χ3n) is 2.80. The molecule has 0 unspecified atom stereocenters. The van der Waals surface area contributed by atoms with Crippen LogP contribution in [0.2, 0.25) is 0 Å². The van der Waals surface area contributed by atoms with E-state index >= 15 is 0 Å². The molecule has 2 heterocycles. The molecule has 1 aliphatic heterocycles. The van der Waals surface area contributed by atoms with Crippen LogP contribution in [0.15, 0.2) is 21.6 Å². The fourth-order valence-corrected chi connectivity index (χ4v) is 2.13. The summed E-state index contributed by atoms with van der Waals surface area (Å²) < 4.78 is 11.0. The zero-order valence-electron chi connectivity index (χ0n) is 9.93. The number of aromatic nitrogens is 1. The van der Waals surface area contributed by atoms with Gasteiger partial charge in [-0.3, -0.25) is 0 Å². The molecule has 1 aromatic carbocycles. The molecule has 3 rings (SSSR count). The second-order valence-electron chi connectivity index (χ2n) is 4.65. The first-order valence-corrected chi connectivity index (χ1v) is 5.82. The summed E-state index contributed by atoms with van der Waals surface area (Å²) in [6, 6.07) is 4.00. The van der Waals surface area contributed by atoms with Gasteiger partial charge in [0.05, 0.1) is 0 Å². The van der Waals surface area contributed by atoms with E-state index in [1.54, 1.807) is 6.21 Å². The third kappa shape index (κ3) is 1.69. The normalized spacial score (nSPS) is 14.1. The van der Waals surface area contributed by atoms with E-state index < -0.39 is 0 Å². The highest BCUT2D eigenvalue weighted by atomic mass is 16.5. The summed E-state index contributed by atoms with van der Waals surface area (Å²) in [5, 5.41) is 4.85. The average molecular weight is 230 g/mol. The zero-order chi connectivity index (χ0) is 11.8. The molecule has 88 valence electrons. The zero-order valence-corrected chi connectivity index (χ0v) is 9.93. The van der Waals surface area contributed by atoms with Crippen LogP contribution in [0.1, 0.15) is 19.4 Å². The Morgan fingerprint density at radius 1 is 1.35 bits per heavy atom. The van der Waals surface area contributed by atoms with Crippen molar-refractivity contribution in [2.45, 2.75) is 20.3 Å². The van der Waals surface area contributed by atoms with Gasteiger partial charge in [-0.25, -0.2) is 4.99 Å². The lowest BCUT2D eigenvalue weighted by molar-refractivity contribution is 0.379. The van der Waals surface area contributed by atoms with Crippen LogP contribution < -0.4 is 4.74 Å². The number of hydrogen-bond donors (Lipinski definition) is 0. The van der Waals surface area contributed by atoms with Gasteiger partial charge in [0.25, 0.3) is 0 Å². The first kappa shape index (κ1) is 10.3. The van der Waals surface area contributed by atoms with Gasteiger partial charge in [0, 0.05) is 6.21 Å². The molecule has 0 bridgehead atoms. The molecular weight excluding hydrogens is 216 g/mol. The summed E-state index contributed by atoms with van der Waals surface area (Å²) >= 11 is 0. The molecule has 0 aliphatic carbocycles. The number of hydrogen-bond acceptors (Lipinski definition) is 4. The SMILES string of the molecule is CC(C)Cc1ccc2onc3c2c1OCC=N3. The Morgan fingerprint density at radius 3 is 3.06 bits per heavy atom. The predicted molar refractivity (Wildman–Crippen MR) is 66.2 cm³/mol. The van der Waals surface area contributed by atoms with E-state index in [4.69, 9.17) is 9.26 Å². The Labute approximate surface area is 99.3 Å². The van der Waals surface area contributed by atoms with E-state index in [2.05, 4.69) is 30.1 Å². The topological polar surface area (TPSA) is 47.6 Å². The second kappa shape index (κ2) is 3.87. The lowest BCUT2D eigenvalue weighted by Crippen LogP contribution is -2.02. The summed E-state index contributed by atoms with van der Waals surface area (Å²) in [6.07, 6.45) is 2.70. The van der Waals surface area contributed by atoms with E-state index in [0.29, 0.717) is 18.3 Å². The first-order chi connectivity index (χ1) is 8.25. The fraction of sp³-hybridized carbons (Fsp3) is 0.385. The second-order valence-corrected chi connectivity index (χ2v) is 4.65. The van der Waals surface area contributed by atoms with E-state index in [-0.39, 0.29) is 0 Å². The van der Waals surface area contributed by atoms with Crippen molar-refractivity contribution >= 4 is 23.0 Å². The van der Waals surface area contributed by atoms with Crippen LogP contribution in [0.4, 0.5) is 5.82 Å². The predicted octanol–water partition coefficient (Wildman–Crippen LogP) is 3.12. The van der Waals surface area contributed by atoms with Crippen LogP contribution >= 0.6 is 0 Å². The lowest BCUT2D eigenvalue weighted by Gasteiger charge is -2.11. The highest BCUT2D eigenvalue weighted by Crippen LogP contribution is 2.38. The molecule has 0 atom stereocenters. The van der Waals surface area contributed by atoms with Gasteiger partial charge in [0.2, 0.25) is 5.82 Å². The van der Waals surface area contributed by atoms with E-state index in [0.717, 1.165) is 23.1 Å². The van der Waals surface area contributed by atoms with Crippen molar-refractivity contribution < 1.29 is 9.26 Å². The van der Waals surface area contributed by atoms with Crippen molar-refractivity contribution in [3.05, 3.63) is 17.7 Å². The number of rotatable bonds is 2. The maximum absolute atomic E-state index is 5.76. The van der Waals surface area contributed by atoms with E-state index in [1.165, 1.54) is 5.56 Å². The van der Waals surface area contributed by atoms with Gasteiger partial charge in [0.1, 0.15) is 17.7 Å². The summed E-state index contributed by atoms with van der Waals surface area (Å²) in [4.78, 5) is 4.23. The fourth-order valence-electron chi connectivity index (χ4n) is 2.13. The van der Waals surface area contributed by atoms with Crippen LogP contribution in [0.3, 0.4) is 0 Å². The standard InChI is InChI=1S/C13H14N2O2/c1-8(2)7-9-3-4-10-11-12(9)16-6-5-14-13(11)15-17-10/h3-5,8H,6-7H2,1-2H3. The molecule has 0 amide bonds. The Bertz CT molecular complexity index is 584. The Morgan fingerprint density at radius 2 is 2.24 bits per heavy atom. The van der Waals surface area contributed by atoms with Crippen LogP contribution in [0, 0.1) is 5.92 Å². The van der Waals surface area contributed by atoms with Crippen molar-refractivity contribution in [2.24, 2.45) is 10.9 Å². The Hall–Kier alpha value is -1.84. The summed E-state index contributed by atoms with van der Waals surface area (Å²) in [5.41, 5.74) is 1.93. The molecule has 0 fully saturated rings. The van der Waals surface area contributed by atoms with Gasteiger partial charge in [-0.1, -0.05) is 25.1 Å². The summed E-state index contributed by atoms with van der Waals surface area (Å²) in [6.45, 7) is 4.87. The van der Waals surface area contributed by atoms with E-state index in [1.807, 2.05) is 6.07 Å². The first-order valence-electron chi connectivity index (χ1n) is 5.82. The minimum atomic E-state index is 0.487. The average Bonchev–Trinajstić information content (AvgIpc) is 2.56. The van der Waals surface area contributed by atoms with Gasteiger partial charge in [-0.2, -0.15) is 0 Å². The minimum absolute atomic E-state index is 0.487. The molecule has 1 aliphatic rings. The van der Waals surface area contributed by atoms with Crippen LogP contribution in [-0.4, -0.2) is 18.0 Å². The molecule has 1 aromatic heterocycles. The highest BCUT2D eigenvalue weighted by molar-refractivity contribution is 5.95. The maximum Gasteiger partial charge on any atom is 0.206 e. The van der Waals surface area contributed by atoms with Crippen LogP contribution in [0.5, 0.6) is 5.75 Å². The van der Waals surface area contributed by atoms with Crippen molar-refractivity contribution in [3.63, 3.8) is 0 Å². The summed E-state index contributed by atoms with van der Waals surface area (Å²) in [5.74, 6) is 2.09. The molecule has 0 N–H and O–H groups in total. The minimum Gasteiger partial charge on any atom is -0.487 e. The molecule has 2 aromatic rings. The van der Waals surface area contributed by atoms with Crippen molar-refractivity contribution in [1.82, 2.24) is 5.16 Å². The molecular formula is C13H14N2O2. The number of benzene rings is 1. The van der Waals surface area contributed by atoms with Crippen molar-refractivity contribution in [2.75, 3.05) is 6.61 Å². The van der Waals surface area contributed by atoms with E-state index in [9.17, 15) is 0 Å². The molecule has 0 saturated carbocycles. The Kier molecular flexibility index (Phi) is 2.35. The Balaban J connectivity index is 2.23. The lowest BCUT2D eigenvalue weighted by atomic mass is 10.0. The monoisotopic (exact) mass is 230 g/mol. The summed E-state index contributed by atoms with van der Waals surface area (Å²) in [7, 11) is 0. The molecule has 4 heteroatoms. The number of ether oxygens (including phenoxy) is 1. The third-order valence-corrected chi connectivity index (χ3v) is 2.80. The van der Waals surface area contributed by atoms with Crippen molar-refractivity contribution in [1.29, 1.82) is 0 Å². The smallest absolute Gasteiger partial charge is 0.206 e. The van der Waals surface area contributed by atoms with Gasteiger partial charge in [-0.05, 0) is 24.0 Å². The quantitative estimate of drug-likeness (QED) is 0.796. The van der Waals surface area contributed by atoms with Crippen LogP contribution in [-0.2, 0) is 6.42 Å². The number of nitrogens with zero attached hydrogens (tertiary/aromatic N) is 2. The molecule has 0 saturated heterocycles. The van der Waals surface area contributed by atoms with Gasteiger partial charge < -0.3 is 9.26 Å². The number of aliphatic imine (C=N–C) groups is 1.